The molecule has 1 aliphatic heterocycles. The Morgan fingerprint density at radius 1 is 1.17 bits per heavy atom. The summed E-state index contributed by atoms with van der Waals surface area (Å²) >= 11 is 0. The smallest absolute Gasteiger partial charge is 0.0804 e. The van der Waals surface area contributed by atoms with Gasteiger partial charge in [-0.25, -0.2) is 0 Å². The van der Waals surface area contributed by atoms with Gasteiger partial charge in [0.2, 0.25) is 0 Å². The Morgan fingerprint density at radius 2 is 1.94 bits per heavy atom. The molecule has 106 valence electrons. The van der Waals surface area contributed by atoms with E-state index in [0.29, 0.717) is 6.54 Å². The second kappa shape index (κ2) is 6.88. The summed E-state index contributed by atoms with van der Waals surface area (Å²) in [4.78, 5) is 2.50. The Kier molecular flexibility index (Phi) is 5.46. The predicted octanol–water partition coefficient (Wildman–Crippen LogP) is 2.54. The minimum absolute atomic E-state index is 0.0193. The maximum Gasteiger partial charge on any atom is 0.0804 e. The Hall–Kier alpha value is -0.120. The minimum atomic E-state index is 0.0193. The maximum atomic E-state index is 6.22. The zero-order valence-corrected chi connectivity index (χ0v) is 12.0. The van der Waals surface area contributed by atoms with E-state index in [0.717, 1.165) is 12.6 Å². The van der Waals surface area contributed by atoms with E-state index in [9.17, 15) is 0 Å². The third kappa shape index (κ3) is 3.69. The normalized spacial score (nSPS) is 29.3. The van der Waals surface area contributed by atoms with Crippen molar-refractivity contribution in [3.05, 3.63) is 0 Å². The van der Waals surface area contributed by atoms with Gasteiger partial charge in [-0.05, 0) is 45.7 Å². The maximum absolute atomic E-state index is 6.22. The lowest BCUT2D eigenvalue weighted by Crippen LogP contribution is -2.44. The number of likely N-dealkylation sites (tertiary alicyclic amines) is 1. The Balaban J connectivity index is 1.72. The lowest BCUT2D eigenvalue weighted by molar-refractivity contribution is -0.0697. The van der Waals surface area contributed by atoms with E-state index in [-0.39, 0.29) is 5.60 Å². The topological polar surface area (TPSA) is 38.5 Å². The van der Waals surface area contributed by atoms with Crippen LogP contribution in [0.1, 0.15) is 57.8 Å². The molecule has 18 heavy (non-hydrogen) atoms. The van der Waals surface area contributed by atoms with Gasteiger partial charge in [0.25, 0.3) is 0 Å². The first-order valence-electron chi connectivity index (χ1n) is 7.80. The molecule has 2 aliphatic rings. The molecule has 0 spiro atoms. The molecule has 2 rings (SSSR count). The van der Waals surface area contributed by atoms with Gasteiger partial charge in [0, 0.05) is 19.2 Å². The van der Waals surface area contributed by atoms with Gasteiger partial charge in [-0.1, -0.05) is 25.7 Å². The highest BCUT2D eigenvalue weighted by molar-refractivity contribution is 4.85. The minimum Gasteiger partial charge on any atom is -0.374 e. The summed E-state index contributed by atoms with van der Waals surface area (Å²) in [5, 5.41) is 0. The second-order valence-electron chi connectivity index (χ2n) is 6.22. The van der Waals surface area contributed by atoms with Gasteiger partial charge in [0.1, 0.15) is 0 Å². The van der Waals surface area contributed by atoms with Crippen LogP contribution in [0, 0.1) is 0 Å². The summed E-state index contributed by atoms with van der Waals surface area (Å²) in [6, 6.07) is 0.733. The summed E-state index contributed by atoms with van der Waals surface area (Å²) in [6.45, 7) is 2.85. The molecule has 0 aromatic rings. The molecule has 2 fully saturated rings. The summed E-state index contributed by atoms with van der Waals surface area (Å²) in [7, 11) is 2.25. The third-order valence-corrected chi connectivity index (χ3v) is 4.92. The van der Waals surface area contributed by atoms with Crippen LogP contribution in [-0.2, 0) is 4.74 Å². The molecule has 3 nitrogen and oxygen atoms in total. The van der Waals surface area contributed by atoms with Gasteiger partial charge in [-0.2, -0.15) is 0 Å². The second-order valence-corrected chi connectivity index (χ2v) is 6.22. The van der Waals surface area contributed by atoms with Gasteiger partial charge < -0.3 is 15.4 Å². The zero-order valence-electron chi connectivity index (χ0n) is 12.0. The Morgan fingerprint density at radius 3 is 2.61 bits per heavy atom. The predicted molar refractivity (Wildman–Crippen MR) is 75.7 cm³/mol. The molecule has 0 amide bonds. The van der Waals surface area contributed by atoms with Gasteiger partial charge in [0.15, 0.2) is 0 Å². The van der Waals surface area contributed by atoms with Crippen molar-refractivity contribution in [2.24, 2.45) is 5.73 Å². The van der Waals surface area contributed by atoms with Crippen LogP contribution in [0.2, 0.25) is 0 Å². The third-order valence-electron chi connectivity index (χ3n) is 4.92. The molecular formula is C15H30N2O. The average Bonchev–Trinajstić information content (AvgIpc) is 2.42. The van der Waals surface area contributed by atoms with E-state index in [4.69, 9.17) is 10.5 Å². The van der Waals surface area contributed by atoms with E-state index in [1.54, 1.807) is 0 Å². The highest BCUT2D eigenvalue weighted by Crippen LogP contribution is 2.31. The Labute approximate surface area is 112 Å². The fourth-order valence-electron chi connectivity index (χ4n) is 3.52. The van der Waals surface area contributed by atoms with Crippen LogP contribution in [0.25, 0.3) is 0 Å². The van der Waals surface area contributed by atoms with Crippen molar-refractivity contribution < 1.29 is 4.74 Å². The van der Waals surface area contributed by atoms with Crippen LogP contribution in [0.5, 0.6) is 0 Å². The number of nitrogens with zero attached hydrogens (tertiary/aromatic N) is 1. The van der Waals surface area contributed by atoms with Crippen LogP contribution in [0.15, 0.2) is 0 Å². The number of piperidine rings is 1. The van der Waals surface area contributed by atoms with Gasteiger partial charge >= 0.3 is 0 Å². The SMILES string of the molecule is CN1CCCCC1CCOC1(CN)CCCCC1. The molecule has 3 heteroatoms. The summed E-state index contributed by atoms with van der Waals surface area (Å²) in [5.74, 6) is 0. The molecule has 0 bridgehead atoms. The van der Waals surface area contributed by atoms with Crippen molar-refractivity contribution in [3.63, 3.8) is 0 Å². The van der Waals surface area contributed by atoms with E-state index in [1.165, 1.54) is 64.3 Å². The average molecular weight is 254 g/mol. The number of nitrogens with two attached hydrogens (primary N) is 1. The molecule has 1 heterocycles. The van der Waals surface area contributed by atoms with Crippen LogP contribution in [0.3, 0.4) is 0 Å². The largest absolute Gasteiger partial charge is 0.374 e. The molecule has 1 aliphatic carbocycles. The summed E-state index contributed by atoms with van der Waals surface area (Å²) in [6.07, 6.45) is 11.6. The molecule has 0 aromatic heterocycles. The molecular weight excluding hydrogens is 224 g/mol. The van der Waals surface area contributed by atoms with Crippen LogP contribution in [-0.4, -0.2) is 43.3 Å². The molecule has 2 N–H and O–H groups in total. The monoisotopic (exact) mass is 254 g/mol. The molecule has 1 atom stereocenters. The van der Waals surface area contributed by atoms with E-state index >= 15 is 0 Å². The van der Waals surface area contributed by atoms with E-state index < -0.39 is 0 Å². The highest BCUT2D eigenvalue weighted by atomic mass is 16.5. The Bertz CT molecular complexity index is 239. The summed E-state index contributed by atoms with van der Waals surface area (Å²) < 4.78 is 6.22. The van der Waals surface area contributed by atoms with Crippen molar-refractivity contribution in [2.45, 2.75) is 69.4 Å². The van der Waals surface area contributed by atoms with Crippen molar-refractivity contribution in [1.29, 1.82) is 0 Å². The first-order chi connectivity index (χ1) is 8.76. The molecule has 1 saturated carbocycles. The number of ether oxygens (including phenoxy) is 1. The number of hydrogen-bond acceptors (Lipinski definition) is 3. The first-order valence-corrected chi connectivity index (χ1v) is 7.80. The van der Waals surface area contributed by atoms with Gasteiger partial charge in [-0.15, -0.1) is 0 Å². The quantitative estimate of drug-likeness (QED) is 0.819. The molecule has 0 aromatic carbocycles. The van der Waals surface area contributed by atoms with Crippen molar-refractivity contribution in [3.8, 4) is 0 Å². The molecule has 1 saturated heterocycles. The number of rotatable bonds is 5. The van der Waals surface area contributed by atoms with E-state index in [2.05, 4.69) is 11.9 Å². The van der Waals surface area contributed by atoms with Gasteiger partial charge in [-0.3, -0.25) is 0 Å². The zero-order chi connectivity index (χ0) is 12.8. The van der Waals surface area contributed by atoms with Crippen molar-refractivity contribution in [1.82, 2.24) is 4.90 Å². The van der Waals surface area contributed by atoms with E-state index in [1.807, 2.05) is 0 Å². The lowest BCUT2D eigenvalue weighted by atomic mass is 9.84. The first kappa shape index (κ1) is 14.3. The highest BCUT2D eigenvalue weighted by Gasteiger charge is 2.31. The molecule has 1 unspecified atom stereocenters. The summed E-state index contributed by atoms with van der Waals surface area (Å²) in [5.41, 5.74) is 5.97. The molecule has 0 radical (unpaired) electrons. The number of hydrogen-bond donors (Lipinski definition) is 1. The van der Waals surface area contributed by atoms with Gasteiger partial charge in [0.05, 0.1) is 5.60 Å². The lowest BCUT2D eigenvalue weighted by Gasteiger charge is -2.38. The van der Waals surface area contributed by atoms with Crippen molar-refractivity contribution in [2.75, 3.05) is 26.7 Å². The van der Waals surface area contributed by atoms with Crippen LogP contribution >= 0.6 is 0 Å². The standard InChI is InChI=1S/C15H30N2O/c1-17-11-6-3-7-14(17)8-12-18-15(13-16)9-4-2-5-10-15/h14H,2-13,16H2,1H3. The fraction of sp³-hybridized carbons (Fsp3) is 1.00. The van der Waals surface area contributed by atoms with Crippen LogP contribution < -0.4 is 5.73 Å². The van der Waals surface area contributed by atoms with Crippen LogP contribution in [0.4, 0.5) is 0 Å². The van der Waals surface area contributed by atoms with Crippen molar-refractivity contribution >= 4 is 0 Å². The fourth-order valence-corrected chi connectivity index (χ4v) is 3.52.